The Balaban J connectivity index is 1.77. The number of benzene rings is 2. The number of nitrogens with one attached hydrogen (secondary N) is 1. The fraction of sp³-hybridized carbons (Fsp3) is 0.263. The van der Waals surface area contributed by atoms with E-state index in [0.717, 1.165) is 11.4 Å². The van der Waals surface area contributed by atoms with Crippen molar-refractivity contribution < 1.29 is 23.7 Å². The molecule has 1 N–H and O–H groups in total. The molecule has 0 aliphatic rings. The number of hydrogen-bond acceptors (Lipinski definition) is 8. The molecule has 3 rings (SSSR count). The van der Waals surface area contributed by atoms with Gasteiger partial charge in [0.15, 0.2) is 17.3 Å². The zero-order valence-electron chi connectivity index (χ0n) is 16.5. The molecule has 0 spiro atoms. The number of carbonyl (C=O) groups excluding carboxylic acids is 1. The van der Waals surface area contributed by atoms with Crippen LogP contribution < -0.4 is 24.3 Å². The summed E-state index contributed by atoms with van der Waals surface area (Å²) < 4.78 is 22.5. The first-order valence-corrected chi connectivity index (χ1v) is 8.61. The summed E-state index contributed by atoms with van der Waals surface area (Å²) in [5.74, 6) is 2.04. The standard InChI is InChI=1S/C19H21N5O5/c1-26-14-7-5-13(6-8-14)24-17(21-22-23-24)11-20-19(25)12-9-15(27-2)18(29-4)16(10-12)28-3/h5-10H,11H2,1-4H3,(H,20,25). The molecule has 0 atom stereocenters. The molecule has 3 aromatic rings. The lowest BCUT2D eigenvalue weighted by atomic mass is 10.1. The van der Waals surface area contributed by atoms with E-state index in [1.54, 1.807) is 31.4 Å². The second-order valence-electron chi connectivity index (χ2n) is 5.80. The molecule has 0 saturated carbocycles. The first-order valence-electron chi connectivity index (χ1n) is 8.61. The van der Waals surface area contributed by atoms with E-state index in [1.807, 2.05) is 12.1 Å². The zero-order chi connectivity index (χ0) is 20.8. The highest BCUT2D eigenvalue weighted by Crippen LogP contribution is 2.38. The van der Waals surface area contributed by atoms with Gasteiger partial charge in [0.25, 0.3) is 5.91 Å². The number of carbonyl (C=O) groups is 1. The van der Waals surface area contributed by atoms with Crippen LogP contribution in [0.1, 0.15) is 16.2 Å². The Morgan fingerprint density at radius 2 is 1.62 bits per heavy atom. The molecule has 0 bridgehead atoms. The van der Waals surface area contributed by atoms with Gasteiger partial charge < -0.3 is 24.3 Å². The second kappa shape index (κ2) is 8.91. The normalized spacial score (nSPS) is 10.3. The Kier molecular flexibility index (Phi) is 6.12. The smallest absolute Gasteiger partial charge is 0.251 e. The average Bonchev–Trinajstić information content (AvgIpc) is 3.24. The molecule has 0 saturated heterocycles. The first kappa shape index (κ1) is 19.9. The summed E-state index contributed by atoms with van der Waals surface area (Å²) in [5, 5.41) is 14.4. The van der Waals surface area contributed by atoms with Crippen LogP contribution in [0.3, 0.4) is 0 Å². The summed E-state index contributed by atoms with van der Waals surface area (Å²) in [6.07, 6.45) is 0. The van der Waals surface area contributed by atoms with Crippen LogP contribution >= 0.6 is 0 Å². The third-order valence-corrected chi connectivity index (χ3v) is 4.19. The van der Waals surface area contributed by atoms with Crippen LogP contribution in [-0.2, 0) is 6.54 Å². The Morgan fingerprint density at radius 1 is 0.966 bits per heavy atom. The maximum atomic E-state index is 12.6. The van der Waals surface area contributed by atoms with E-state index in [0.29, 0.717) is 28.6 Å². The predicted octanol–water partition coefficient (Wildman–Crippen LogP) is 1.63. The van der Waals surface area contributed by atoms with Crippen LogP contribution in [0.5, 0.6) is 23.0 Å². The van der Waals surface area contributed by atoms with Crippen molar-refractivity contribution in [2.75, 3.05) is 28.4 Å². The van der Waals surface area contributed by atoms with Crippen LogP contribution in [0.4, 0.5) is 0 Å². The molecule has 0 aliphatic heterocycles. The van der Waals surface area contributed by atoms with Gasteiger partial charge in [0, 0.05) is 5.56 Å². The lowest BCUT2D eigenvalue weighted by Gasteiger charge is -2.14. The molecule has 0 aliphatic carbocycles. The van der Waals surface area contributed by atoms with Crippen molar-refractivity contribution in [3.63, 3.8) is 0 Å². The Labute approximate surface area is 167 Å². The third-order valence-electron chi connectivity index (χ3n) is 4.19. The van der Waals surface area contributed by atoms with Crippen LogP contribution in [-0.4, -0.2) is 54.6 Å². The number of amides is 1. The number of rotatable bonds is 8. The molecule has 29 heavy (non-hydrogen) atoms. The van der Waals surface area contributed by atoms with E-state index in [4.69, 9.17) is 18.9 Å². The van der Waals surface area contributed by atoms with Crippen molar-refractivity contribution in [3.8, 4) is 28.7 Å². The molecule has 10 heteroatoms. The van der Waals surface area contributed by atoms with Gasteiger partial charge in [0.1, 0.15) is 5.75 Å². The van der Waals surface area contributed by atoms with E-state index in [9.17, 15) is 4.79 Å². The molecule has 152 valence electrons. The predicted molar refractivity (Wildman–Crippen MR) is 103 cm³/mol. The van der Waals surface area contributed by atoms with Gasteiger partial charge in [-0.2, -0.15) is 4.68 Å². The molecular formula is C19H21N5O5. The van der Waals surface area contributed by atoms with E-state index in [-0.39, 0.29) is 12.5 Å². The maximum absolute atomic E-state index is 12.6. The van der Waals surface area contributed by atoms with Crippen LogP contribution in [0.15, 0.2) is 36.4 Å². The average molecular weight is 399 g/mol. The maximum Gasteiger partial charge on any atom is 0.251 e. The van der Waals surface area contributed by atoms with E-state index >= 15 is 0 Å². The van der Waals surface area contributed by atoms with Crippen molar-refractivity contribution in [3.05, 3.63) is 47.8 Å². The highest BCUT2D eigenvalue weighted by atomic mass is 16.5. The molecule has 2 aromatic carbocycles. The molecule has 1 amide bonds. The quantitative estimate of drug-likeness (QED) is 0.609. The van der Waals surface area contributed by atoms with Gasteiger partial charge in [-0.25, -0.2) is 0 Å². The lowest BCUT2D eigenvalue weighted by molar-refractivity contribution is 0.0948. The fourth-order valence-corrected chi connectivity index (χ4v) is 2.71. The summed E-state index contributed by atoms with van der Waals surface area (Å²) >= 11 is 0. The second-order valence-corrected chi connectivity index (χ2v) is 5.80. The van der Waals surface area contributed by atoms with Gasteiger partial charge in [-0.3, -0.25) is 4.79 Å². The Morgan fingerprint density at radius 3 is 2.17 bits per heavy atom. The van der Waals surface area contributed by atoms with Gasteiger partial charge >= 0.3 is 0 Å². The number of hydrogen-bond donors (Lipinski definition) is 1. The zero-order valence-corrected chi connectivity index (χ0v) is 16.5. The number of methoxy groups -OCH3 is 4. The molecule has 0 fully saturated rings. The SMILES string of the molecule is COc1ccc(-n2nnnc2CNC(=O)c2cc(OC)c(OC)c(OC)c2)cc1. The van der Waals surface area contributed by atoms with E-state index in [1.165, 1.54) is 26.0 Å². The largest absolute Gasteiger partial charge is 0.497 e. The van der Waals surface area contributed by atoms with Gasteiger partial charge in [-0.15, -0.1) is 5.10 Å². The Hall–Kier alpha value is -3.82. The number of aromatic nitrogens is 4. The minimum atomic E-state index is -0.339. The van der Waals surface area contributed by atoms with Crippen LogP contribution in [0.2, 0.25) is 0 Å². The molecular weight excluding hydrogens is 378 g/mol. The number of ether oxygens (including phenoxy) is 4. The topological polar surface area (TPSA) is 110 Å². The van der Waals surface area contributed by atoms with Crippen molar-refractivity contribution in [2.24, 2.45) is 0 Å². The highest BCUT2D eigenvalue weighted by Gasteiger charge is 2.18. The monoisotopic (exact) mass is 399 g/mol. The molecule has 10 nitrogen and oxygen atoms in total. The van der Waals surface area contributed by atoms with Crippen LogP contribution in [0, 0.1) is 0 Å². The molecule has 1 aromatic heterocycles. The lowest BCUT2D eigenvalue weighted by Crippen LogP contribution is -2.25. The van der Waals surface area contributed by atoms with Crippen molar-refractivity contribution in [2.45, 2.75) is 6.54 Å². The van der Waals surface area contributed by atoms with Crippen molar-refractivity contribution in [1.82, 2.24) is 25.5 Å². The highest BCUT2D eigenvalue weighted by molar-refractivity contribution is 5.95. The minimum Gasteiger partial charge on any atom is -0.497 e. The van der Waals surface area contributed by atoms with Gasteiger partial charge in [-0.1, -0.05) is 0 Å². The fourth-order valence-electron chi connectivity index (χ4n) is 2.71. The van der Waals surface area contributed by atoms with Crippen molar-refractivity contribution >= 4 is 5.91 Å². The van der Waals surface area contributed by atoms with E-state index < -0.39 is 0 Å². The van der Waals surface area contributed by atoms with Gasteiger partial charge in [0.2, 0.25) is 5.75 Å². The third kappa shape index (κ3) is 4.21. The summed E-state index contributed by atoms with van der Waals surface area (Å²) in [7, 11) is 6.07. The number of nitrogens with zero attached hydrogens (tertiary/aromatic N) is 4. The first-order chi connectivity index (χ1) is 14.1. The summed E-state index contributed by atoms with van der Waals surface area (Å²) in [6.45, 7) is 0.120. The molecule has 0 radical (unpaired) electrons. The van der Waals surface area contributed by atoms with Crippen LogP contribution in [0.25, 0.3) is 5.69 Å². The van der Waals surface area contributed by atoms with Gasteiger partial charge in [-0.05, 0) is 46.8 Å². The summed E-state index contributed by atoms with van der Waals surface area (Å²) in [6, 6.07) is 10.4. The number of tetrazole rings is 1. The van der Waals surface area contributed by atoms with Crippen molar-refractivity contribution in [1.29, 1.82) is 0 Å². The summed E-state index contributed by atoms with van der Waals surface area (Å²) in [5.41, 5.74) is 1.09. The Bertz CT molecular complexity index is 962. The van der Waals surface area contributed by atoms with E-state index in [2.05, 4.69) is 20.8 Å². The minimum absolute atomic E-state index is 0.120. The molecule has 0 unspecified atom stereocenters. The summed E-state index contributed by atoms with van der Waals surface area (Å²) in [4.78, 5) is 12.6. The molecule has 1 heterocycles. The van der Waals surface area contributed by atoms with Gasteiger partial charge in [0.05, 0.1) is 40.7 Å².